The molecule has 0 bridgehead atoms. The number of hydrogen-bond acceptors (Lipinski definition) is 5. The van der Waals surface area contributed by atoms with Gasteiger partial charge in [0.15, 0.2) is 5.82 Å². The maximum absolute atomic E-state index is 12.1. The van der Waals surface area contributed by atoms with Crippen LogP contribution in [-0.2, 0) is 17.6 Å². The summed E-state index contributed by atoms with van der Waals surface area (Å²) < 4.78 is 4.38. The van der Waals surface area contributed by atoms with Crippen LogP contribution in [0.4, 0.5) is 0 Å². The first kappa shape index (κ1) is 12.6. The first-order chi connectivity index (χ1) is 9.74. The molecule has 2 heterocycles. The number of carbonyl (C=O) groups is 1. The second kappa shape index (κ2) is 5.28. The standard InChI is InChI=1S/C13H14N4O3/c18-12(15-7-5-10-16-13(19)20-17-10)9-4-3-8-2-1-6-14-11(8)9/h1-2,6,9H,3-5,7H2,(H,15,18)(H,16,17,19). The maximum atomic E-state index is 12.1. The number of aromatic nitrogens is 3. The lowest BCUT2D eigenvalue weighted by molar-refractivity contribution is -0.122. The van der Waals surface area contributed by atoms with Gasteiger partial charge in [0, 0.05) is 19.2 Å². The third-order valence-corrected chi connectivity index (χ3v) is 3.42. The van der Waals surface area contributed by atoms with Gasteiger partial charge < -0.3 is 5.32 Å². The van der Waals surface area contributed by atoms with Crippen molar-refractivity contribution in [2.24, 2.45) is 0 Å². The van der Waals surface area contributed by atoms with Crippen molar-refractivity contribution in [1.82, 2.24) is 20.4 Å². The van der Waals surface area contributed by atoms with E-state index in [0.717, 1.165) is 24.1 Å². The molecule has 1 aliphatic rings. The van der Waals surface area contributed by atoms with Crippen LogP contribution in [0.15, 0.2) is 27.6 Å². The number of carbonyl (C=O) groups excluding carboxylic acids is 1. The van der Waals surface area contributed by atoms with Crippen LogP contribution >= 0.6 is 0 Å². The predicted molar refractivity (Wildman–Crippen MR) is 69.1 cm³/mol. The average Bonchev–Trinajstić information content (AvgIpc) is 3.05. The molecule has 20 heavy (non-hydrogen) atoms. The Labute approximate surface area is 114 Å². The van der Waals surface area contributed by atoms with Gasteiger partial charge in [-0.1, -0.05) is 11.2 Å². The molecule has 1 atom stereocenters. The molecule has 1 unspecified atom stereocenters. The summed E-state index contributed by atoms with van der Waals surface area (Å²) in [6, 6.07) is 3.90. The Morgan fingerprint density at radius 2 is 2.45 bits per heavy atom. The Balaban J connectivity index is 1.57. The molecule has 0 saturated heterocycles. The summed E-state index contributed by atoms with van der Waals surface area (Å²) in [7, 11) is 0. The minimum atomic E-state index is -0.583. The molecule has 3 rings (SSSR count). The fourth-order valence-corrected chi connectivity index (χ4v) is 2.46. The summed E-state index contributed by atoms with van der Waals surface area (Å²) in [5.74, 6) is -0.364. The molecule has 0 radical (unpaired) electrons. The van der Waals surface area contributed by atoms with Gasteiger partial charge in [-0.15, -0.1) is 0 Å². The molecule has 0 aromatic carbocycles. The van der Waals surface area contributed by atoms with Gasteiger partial charge >= 0.3 is 5.76 Å². The van der Waals surface area contributed by atoms with Gasteiger partial charge in [-0.25, -0.2) is 4.79 Å². The van der Waals surface area contributed by atoms with E-state index >= 15 is 0 Å². The summed E-state index contributed by atoms with van der Waals surface area (Å²) in [6.45, 7) is 0.403. The number of nitrogens with zero attached hydrogens (tertiary/aromatic N) is 2. The van der Waals surface area contributed by atoms with Crippen molar-refractivity contribution in [2.45, 2.75) is 25.2 Å². The largest absolute Gasteiger partial charge is 0.438 e. The van der Waals surface area contributed by atoms with E-state index in [1.165, 1.54) is 0 Å². The van der Waals surface area contributed by atoms with Gasteiger partial charge in [0.25, 0.3) is 0 Å². The molecule has 2 N–H and O–H groups in total. The fourth-order valence-electron chi connectivity index (χ4n) is 2.46. The van der Waals surface area contributed by atoms with Gasteiger partial charge in [-0.2, -0.15) is 0 Å². The van der Waals surface area contributed by atoms with Crippen molar-refractivity contribution in [3.05, 3.63) is 46.0 Å². The monoisotopic (exact) mass is 274 g/mol. The van der Waals surface area contributed by atoms with E-state index in [-0.39, 0.29) is 11.8 Å². The van der Waals surface area contributed by atoms with E-state index in [2.05, 4.69) is 25.0 Å². The number of aromatic amines is 1. The normalized spacial score (nSPS) is 16.9. The zero-order chi connectivity index (χ0) is 13.9. The zero-order valence-corrected chi connectivity index (χ0v) is 10.8. The molecule has 7 nitrogen and oxygen atoms in total. The highest BCUT2D eigenvalue weighted by Gasteiger charge is 2.29. The zero-order valence-electron chi connectivity index (χ0n) is 10.8. The summed E-state index contributed by atoms with van der Waals surface area (Å²) in [5, 5.41) is 6.38. The van der Waals surface area contributed by atoms with E-state index < -0.39 is 5.76 Å². The van der Waals surface area contributed by atoms with Gasteiger partial charge in [0.05, 0.1) is 11.6 Å². The first-order valence-corrected chi connectivity index (χ1v) is 6.50. The fraction of sp³-hybridized carbons (Fsp3) is 0.385. The third kappa shape index (κ3) is 2.47. The van der Waals surface area contributed by atoms with Crippen molar-refractivity contribution < 1.29 is 9.32 Å². The Bertz CT molecular complexity index is 676. The molecule has 2 aromatic rings. The minimum absolute atomic E-state index is 0.0340. The molecule has 2 aromatic heterocycles. The van der Waals surface area contributed by atoms with E-state index in [1.54, 1.807) is 6.20 Å². The molecule has 104 valence electrons. The predicted octanol–water partition coefficient (Wildman–Crippen LogP) is 0.147. The van der Waals surface area contributed by atoms with E-state index in [9.17, 15) is 9.59 Å². The number of H-pyrrole nitrogens is 1. The molecule has 7 heteroatoms. The molecular formula is C13H14N4O3. The van der Waals surface area contributed by atoms with Crippen molar-refractivity contribution in [2.75, 3.05) is 6.54 Å². The Kier molecular flexibility index (Phi) is 3.32. The SMILES string of the molecule is O=C(NCCc1noc(=O)[nH]1)C1CCc2cccnc21. The van der Waals surface area contributed by atoms with E-state index in [0.29, 0.717) is 18.8 Å². The van der Waals surface area contributed by atoms with Crippen molar-refractivity contribution in [3.8, 4) is 0 Å². The highest BCUT2D eigenvalue weighted by molar-refractivity contribution is 5.84. The average molecular weight is 274 g/mol. The van der Waals surface area contributed by atoms with Crippen LogP contribution in [0.5, 0.6) is 0 Å². The number of hydrogen-bond donors (Lipinski definition) is 2. The van der Waals surface area contributed by atoms with Crippen LogP contribution in [0.3, 0.4) is 0 Å². The second-order valence-corrected chi connectivity index (χ2v) is 4.72. The summed E-state index contributed by atoms with van der Waals surface area (Å²) >= 11 is 0. The first-order valence-electron chi connectivity index (χ1n) is 6.50. The third-order valence-electron chi connectivity index (χ3n) is 3.42. The maximum Gasteiger partial charge on any atom is 0.438 e. The van der Waals surface area contributed by atoms with Crippen LogP contribution < -0.4 is 11.1 Å². The van der Waals surface area contributed by atoms with Crippen molar-refractivity contribution in [3.63, 3.8) is 0 Å². The molecule has 0 fully saturated rings. The van der Waals surface area contributed by atoms with Crippen LogP contribution in [-0.4, -0.2) is 27.6 Å². The molecule has 1 amide bonds. The number of rotatable bonds is 4. The minimum Gasteiger partial charge on any atom is -0.355 e. The number of fused-ring (bicyclic) bond motifs is 1. The van der Waals surface area contributed by atoms with Crippen LogP contribution in [0.2, 0.25) is 0 Å². The quantitative estimate of drug-likeness (QED) is 0.826. The van der Waals surface area contributed by atoms with Gasteiger partial charge in [-0.05, 0) is 24.5 Å². The summed E-state index contributed by atoms with van der Waals surface area (Å²) in [5.41, 5.74) is 2.02. The van der Waals surface area contributed by atoms with Gasteiger partial charge in [0.1, 0.15) is 0 Å². The molecule has 0 aliphatic heterocycles. The second-order valence-electron chi connectivity index (χ2n) is 4.72. The number of aryl methyl sites for hydroxylation is 1. The molecule has 0 saturated carbocycles. The Morgan fingerprint density at radius 1 is 1.55 bits per heavy atom. The Morgan fingerprint density at radius 3 is 3.25 bits per heavy atom. The van der Waals surface area contributed by atoms with Crippen molar-refractivity contribution >= 4 is 5.91 Å². The topological polar surface area (TPSA) is 101 Å². The lowest BCUT2D eigenvalue weighted by Crippen LogP contribution is -2.30. The number of pyridine rings is 1. The van der Waals surface area contributed by atoms with Crippen LogP contribution in [0, 0.1) is 0 Å². The summed E-state index contributed by atoms with van der Waals surface area (Å²) in [4.78, 5) is 29.6. The van der Waals surface area contributed by atoms with E-state index in [1.807, 2.05) is 12.1 Å². The Hall–Kier alpha value is -2.44. The number of nitrogens with one attached hydrogen (secondary N) is 2. The highest BCUT2D eigenvalue weighted by atomic mass is 16.5. The van der Waals surface area contributed by atoms with Gasteiger partial charge in [-0.3, -0.25) is 19.3 Å². The van der Waals surface area contributed by atoms with Gasteiger partial charge in [0.2, 0.25) is 5.91 Å². The number of amides is 1. The van der Waals surface area contributed by atoms with E-state index in [4.69, 9.17) is 0 Å². The molecule has 1 aliphatic carbocycles. The van der Waals surface area contributed by atoms with Crippen LogP contribution in [0.1, 0.15) is 29.4 Å². The highest BCUT2D eigenvalue weighted by Crippen LogP contribution is 2.30. The molecule has 0 spiro atoms. The smallest absolute Gasteiger partial charge is 0.355 e. The lowest BCUT2D eigenvalue weighted by Gasteiger charge is -2.10. The summed E-state index contributed by atoms with van der Waals surface area (Å²) in [6.07, 6.45) is 3.82. The van der Waals surface area contributed by atoms with Crippen molar-refractivity contribution in [1.29, 1.82) is 0 Å². The molecular weight excluding hydrogens is 260 g/mol. The van der Waals surface area contributed by atoms with Crippen LogP contribution in [0.25, 0.3) is 0 Å². The lowest BCUT2D eigenvalue weighted by atomic mass is 10.1.